The van der Waals surface area contributed by atoms with Crippen LogP contribution in [0, 0.1) is 0 Å². The first-order valence-corrected chi connectivity index (χ1v) is 10.5. The SMILES string of the molecule is O=C(NCc1ccc(OCc2ccccn2)cc1)c1cnc(-c2ccccc2Cl)s1. The third-order valence-electron chi connectivity index (χ3n) is 4.32. The average Bonchev–Trinajstić information content (AvgIpc) is 3.28. The van der Waals surface area contributed by atoms with Crippen molar-refractivity contribution in [3.05, 3.63) is 100 Å². The number of benzene rings is 2. The zero-order chi connectivity index (χ0) is 20.8. The highest BCUT2D eigenvalue weighted by atomic mass is 35.5. The molecule has 5 nitrogen and oxygen atoms in total. The van der Waals surface area contributed by atoms with Crippen molar-refractivity contribution in [2.24, 2.45) is 0 Å². The van der Waals surface area contributed by atoms with Gasteiger partial charge in [0.2, 0.25) is 0 Å². The average molecular weight is 436 g/mol. The van der Waals surface area contributed by atoms with Crippen LogP contribution >= 0.6 is 22.9 Å². The molecule has 4 aromatic rings. The summed E-state index contributed by atoms with van der Waals surface area (Å²) in [6.07, 6.45) is 3.32. The number of pyridine rings is 1. The zero-order valence-electron chi connectivity index (χ0n) is 15.9. The minimum atomic E-state index is -0.165. The van der Waals surface area contributed by atoms with Crippen molar-refractivity contribution >= 4 is 28.8 Å². The Bertz CT molecular complexity index is 1130. The van der Waals surface area contributed by atoms with Gasteiger partial charge in [0.15, 0.2) is 0 Å². The molecule has 0 saturated carbocycles. The van der Waals surface area contributed by atoms with Gasteiger partial charge in [-0.05, 0) is 35.9 Å². The van der Waals surface area contributed by atoms with E-state index in [0.29, 0.717) is 23.1 Å². The van der Waals surface area contributed by atoms with E-state index in [1.165, 1.54) is 11.3 Å². The van der Waals surface area contributed by atoms with Crippen LogP contribution in [0.25, 0.3) is 10.6 Å². The number of carbonyl (C=O) groups is 1. The molecule has 2 heterocycles. The van der Waals surface area contributed by atoms with E-state index in [1.54, 1.807) is 12.4 Å². The topological polar surface area (TPSA) is 64.1 Å². The summed E-state index contributed by atoms with van der Waals surface area (Å²) in [5, 5.41) is 4.26. The van der Waals surface area contributed by atoms with Gasteiger partial charge in [0.1, 0.15) is 22.2 Å². The largest absolute Gasteiger partial charge is 0.487 e. The van der Waals surface area contributed by atoms with E-state index in [1.807, 2.05) is 66.7 Å². The fraction of sp³-hybridized carbons (Fsp3) is 0.0870. The number of hydrogen-bond acceptors (Lipinski definition) is 5. The molecule has 0 aliphatic rings. The number of nitrogens with zero attached hydrogens (tertiary/aromatic N) is 2. The Balaban J connectivity index is 1.31. The van der Waals surface area contributed by atoms with Crippen molar-refractivity contribution in [3.63, 3.8) is 0 Å². The smallest absolute Gasteiger partial charge is 0.263 e. The second-order valence-corrected chi connectivity index (χ2v) is 7.88. The summed E-state index contributed by atoms with van der Waals surface area (Å²) in [5.74, 6) is 0.587. The molecule has 0 bridgehead atoms. The summed E-state index contributed by atoms with van der Waals surface area (Å²) in [7, 11) is 0. The number of thiazole rings is 1. The standard InChI is InChI=1S/C23H18ClN3O2S/c24-20-7-2-1-6-19(20)23-27-14-21(30-23)22(28)26-13-16-8-10-18(11-9-16)29-15-17-5-3-4-12-25-17/h1-12,14H,13,15H2,(H,26,28). The van der Waals surface area contributed by atoms with Gasteiger partial charge in [0.25, 0.3) is 5.91 Å². The number of ether oxygens (including phenoxy) is 1. The zero-order valence-corrected chi connectivity index (χ0v) is 17.5. The molecule has 0 aliphatic heterocycles. The van der Waals surface area contributed by atoms with Crippen LogP contribution in [0.4, 0.5) is 0 Å². The lowest BCUT2D eigenvalue weighted by Crippen LogP contribution is -2.21. The van der Waals surface area contributed by atoms with Crippen LogP contribution in [0.3, 0.4) is 0 Å². The lowest BCUT2D eigenvalue weighted by molar-refractivity contribution is 0.0955. The van der Waals surface area contributed by atoms with Crippen LogP contribution < -0.4 is 10.1 Å². The van der Waals surface area contributed by atoms with E-state index in [4.69, 9.17) is 16.3 Å². The predicted molar refractivity (Wildman–Crippen MR) is 119 cm³/mol. The van der Waals surface area contributed by atoms with E-state index in [0.717, 1.165) is 27.6 Å². The van der Waals surface area contributed by atoms with Crippen molar-refractivity contribution in [2.75, 3.05) is 0 Å². The van der Waals surface area contributed by atoms with Crippen molar-refractivity contribution < 1.29 is 9.53 Å². The van der Waals surface area contributed by atoms with Gasteiger partial charge in [-0.3, -0.25) is 9.78 Å². The molecule has 2 aromatic carbocycles. The fourth-order valence-corrected chi connectivity index (χ4v) is 3.91. The second kappa shape index (κ2) is 9.52. The first-order valence-electron chi connectivity index (χ1n) is 9.29. The summed E-state index contributed by atoms with van der Waals surface area (Å²) >= 11 is 7.53. The van der Waals surface area contributed by atoms with Crippen LogP contribution in [0.15, 0.2) is 79.1 Å². The number of nitrogens with one attached hydrogen (secondary N) is 1. The van der Waals surface area contributed by atoms with Gasteiger partial charge in [0.05, 0.1) is 16.9 Å². The van der Waals surface area contributed by atoms with Gasteiger partial charge in [0, 0.05) is 18.3 Å². The Kier molecular flexibility index (Phi) is 6.37. The maximum absolute atomic E-state index is 12.5. The number of aromatic nitrogens is 2. The van der Waals surface area contributed by atoms with Crippen molar-refractivity contribution in [1.82, 2.24) is 15.3 Å². The summed E-state index contributed by atoms with van der Waals surface area (Å²) in [5.41, 5.74) is 2.67. The predicted octanol–water partition coefficient (Wildman–Crippen LogP) is 5.37. The van der Waals surface area contributed by atoms with Crippen LogP contribution in [-0.2, 0) is 13.2 Å². The molecule has 4 rings (SSSR count). The van der Waals surface area contributed by atoms with Crippen LogP contribution in [0.2, 0.25) is 5.02 Å². The van der Waals surface area contributed by atoms with Gasteiger partial charge < -0.3 is 10.1 Å². The Morgan fingerprint density at radius 3 is 2.57 bits per heavy atom. The van der Waals surface area contributed by atoms with Crippen LogP contribution in [0.5, 0.6) is 5.75 Å². The highest BCUT2D eigenvalue weighted by molar-refractivity contribution is 7.17. The number of carbonyl (C=O) groups excluding carboxylic acids is 1. The van der Waals surface area contributed by atoms with Gasteiger partial charge in [-0.1, -0.05) is 48.0 Å². The van der Waals surface area contributed by atoms with Crippen LogP contribution in [0.1, 0.15) is 20.9 Å². The second-order valence-electron chi connectivity index (χ2n) is 6.45. The van der Waals surface area contributed by atoms with Gasteiger partial charge in [-0.25, -0.2) is 4.98 Å². The number of amides is 1. The van der Waals surface area contributed by atoms with Gasteiger partial charge in [-0.15, -0.1) is 11.3 Å². The van der Waals surface area contributed by atoms with Gasteiger partial charge >= 0.3 is 0 Å². The molecule has 0 fully saturated rings. The fourth-order valence-electron chi connectivity index (χ4n) is 2.75. The minimum absolute atomic E-state index is 0.165. The lowest BCUT2D eigenvalue weighted by atomic mass is 10.2. The molecule has 0 aliphatic carbocycles. The Labute approximate surface area is 183 Å². The quantitative estimate of drug-likeness (QED) is 0.424. The molecule has 1 N–H and O–H groups in total. The maximum Gasteiger partial charge on any atom is 0.263 e. The Morgan fingerprint density at radius 2 is 1.80 bits per heavy atom. The molecule has 2 aromatic heterocycles. The molecular formula is C23H18ClN3O2S. The first kappa shape index (κ1) is 20.1. The summed E-state index contributed by atoms with van der Waals surface area (Å²) in [6, 6.07) is 20.8. The summed E-state index contributed by atoms with van der Waals surface area (Å²) in [6.45, 7) is 0.828. The highest BCUT2D eigenvalue weighted by Gasteiger charge is 2.13. The van der Waals surface area contributed by atoms with Crippen molar-refractivity contribution in [3.8, 4) is 16.3 Å². The van der Waals surface area contributed by atoms with Gasteiger partial charge in [-0.2, -0.15) is 0 Å². The molecule has 0 radical (unpaired) electrons. The van der Waals surface area contributed by atoms with E-state index in [9.17, 15) is 4.79 Å². The molecule has 150 valence electrons. The molecular weight excluding hydrogens is 418 g/mol. The van der Waals surface area contributed by atoms with E-state index >= 15 is 0 Å². The molecule has 7 heteroatoms. The molecule has 0 atom stereocenters. The molecule has 1 amide bonds. The molecule has 30 heavy (non-hydrogen) atoms. The van der Waals surface area contributed by atoms with E-state index < -0.39 is 0 Å². The van der Waals surface area contributed by atoms with Crippen molar-refractivity contribution in [1.29, 1.82) is 0 Å². The highest BCUT2D eigenvalue weighted by Crippen LogP contribution is 2.30. The summed E-state index contributed by atoms with van der Waals surface area (Å²) in [4.78, 5) is 21.6. The third kappa shape index (κ3) is 5.03. The maximum atomic E-state index is 12.5. The summed E-state index contributed by atoms with van der Waals surface area (Å²) < 4.78 is 5.73. The Hall–Kier alpha value is -3.22. The Morgan fingerprint density at radius 1 is 1.00 bits per heavy atom. The third-order valence-corrected chi connectivity index (χ3v) is 5.68. The minimum Gasteiger partial charge on any atom is -0.487 e. The van der Waals surface area contributed by atoms with E-state index in [-0.39, 0.29) is 5.91 Å². The first-order chi connectivity index (χ1) is 14.7. The monoisotopic (exact) mass is 435 g/mol. The molecule has 0 saturated heterocycles. The number of hydrogen-bond donors (Lipinski definition) is 1. The van der Waals surface area contributed by atoms with Crippen LogP contribution in [-0.4, -0.2) is 15.9 Å². The number of rotatable bonds is 7. The molecule has 0 unspecified atom stereocenters. The normalized spacial score (nSPS) is 10.6. The van der Waals surface area contributed by atoms with Crippen molar-refractivity contribution in [2.45, 2.75) is 13.2 Å². The number of halogens is 1. The molecule has 0 spiro atoms. The van der Waals surface area contributed by atoms with E-state index in [2.05, 4.69) is 15.3 Å². The lowest BCUT2D eigenvalue weighted by Gasteiger charge is -2.07.